The molecule has 0 saturated heterocycles. The van der Waals surface area contributed by atoms with E-state index in [-0.39, 0.29) is 0 Å². The summed E-state index contributed by atoms with van der Waals surface area (Å²) < 4.78 is 2.71. The smallest absolute Gasteiger partial charge is 0.0480 e. The van der Waals surface area contributed by atoms with E-state index in [1.807, 2.05) is 11.3 Å². The van der Waals surface area contributed by atoms with Crippen LogP contribution in [0.1, 0.15) is 11.1 Å². The minimum Gasteiger partial charge on any atom is -0.135 e. The van der Waals surface area contributed by atoms with Crippen molar-refractivity contribution in [3.63, 3.8) is 0 Å². The van der Waals surface area contributed by atoms with Gasteiger partial charge in [0.25, 0.3) is 0 Å². The van der Waals surface area contributed by atoms with Gasteiger partial charge >= 0.3 is 0 Å². The first-order chi connectivity index (χ1) is 9.79. The molecule has 0 amide bonds. The molecule has 2 heteroatoms. The number of aryl methyl sites for hydroxylation is 1. The van der Waals surface area contributed by atoms with Gasteiger partial charge in [-0.25, -0.2) is 0 Å². The van der Waals surface area contributed by atoms with E-state index in [9.17, 15) is 0 Å². The van der Waals surface area contributed by atoms with Crippen LogP contribution in [0.3, 0.4) is 0 Å². The SMILES string of the molecule is Cc1cccc2cc(CCl)c3c4ccccc4sc3c12. The summed E-state index contributed by atoms with van der Waals surface area (Å²) >= 11 is 8.08. The monoisotopic (exact) mass is 296 g/mol. The van der Waals surface area contributed by atoms with E-state index >= 15 is 0 Å². The number of hydrogen-bond acceptors (Lipinski definition) is 1. The third kappa shape index (κ3) is 1.60. The van der Waals surface area contributed by atoms with Gasteiger partial charge in [-0.05, 0) is 35.6 Å². The molecule has 0 fully saturated rings. The fraction of sp³-hybridized carbons (Fsp3) is 0.111. The van der Waals surface area contributed by atoms with Gasteiger partial charge in [0.15, 0.2) is 0 Å². The Morgan fingerprint density at radius 2 is 1.85 bits per heavy atom. The van der Waals surface area contributed by atoms with Crippen LogP contribution < -0.4 is 0 Å². The van der Waals surface area contributed by atoms with Gasteiger partial charge in [0, 0.05) is 31.4 Å². The Labute approximate surface area is 126 Å². The van der Waals surface area contributed by atoms with Gasteiger partial charge in [-0.2, -0.15) is 0 Å². The van der Waals surface area contributed by atoms with Crippen molar-refractivity contribution in [1.82, 2.24) is 0 Å². The maximum atomic E-state index is 6.21. The molecule has 0 atom stereocenters. The third-order valence-electron chi connectivity index (χ3n) is 3.92. The lowest BCUT2D eigenvalue weighted by atomic mass is 9.98. The highest BCUT2D eigenvalue weighted by molar-refractivity contribution is 7.26. The summed E-state index contributed by atoms with van der Waals surface area (Å²) in [5.74, 6) is 0.557. The predicted molar refractivity (Wildman–Crippen MR) is 91.1 cm³/mol. The maximum absolute atomic E-state index is 6.21. The van der Waals surface area contributed by atoms with Gasteiger partial charge < -0.3 is 0 Å². The molecule has 20 heavy (non-hydrogen) atoms. The topological polar surface area (TPSA) is 0 Å². The number of alkyl halides is 1. The first-order valence-electron chi connectivity index (χ1n) is 6.68. The average Bonchev–Trinajstić information content (AvgIpc) is 2.85. The summed E-state index contributed by atoms with van der Waals surface area (Å²) in [5, 5.41) is 5.33. The molecule has 0 bridgehead atoms. The quantitative estimate of drug-likeness (QED) is 0.364. The van der Waals surface area contributed by atoms with E-state index in [0.717, 1.165) is 0 Å². The number of thiophene rings is 1. The highest BCUT2D eigenvalue weighted by Crippen LogP contribution is 2.41. The fourth-order valence-corrected chi connectivity index (χ4v) is 4.61. The van der Waals surface area contributed by atoms with Crippen molar-refractivity contribution in [1.29, 1.82) is 0 Å². The number of fused-ring (bicyclic) bond motifs is 5. The Bertz CT molecular complexity index is 950. The van der Waals surface area contributed by atoms with Gasteiger partial charge in [-0.1, -0.05) is 36.4 Å². The van der Waals surface area contributed by atoms with E-state index < -0.39 is 0 Å². The summed E-state index contributed by atoms with van der Waals surface area (Å²) in [4.78, 5) is 0. The van der Waals surface area contributed by atoms with Crippen LogP contribution in [0.25, 0.3) is 30.9 Å². The van der Waals surface area contributed by atoms with Crippen LogP contribution in [0.5, 0.6) is 0 Å². The Balaban J connectivity index is 2.36. The second-order valence-corrected chi connectivity index (χ2v) is 6.46. The normalized spacial score (nSPS) is 11.7. The van der Waals surface area contributed by atoms with Crippen molar-refractivity contribution in [3.05, 3.63) is 59.7 Å². The predicted octanol–water partition coefficient (Wildman–Crippen LogP) is 6.25. The zero-order valence-corrected chi connectivity index (χ0v) is 12.7. The number of hydrogen-bond donors (Lipinski definition) is 0. The molecule has 0 aliphatic carbocycles. The van der Waals surface area contributed by atoms with Crippen molar-refractivity contribution >= 4 is 53.9 Å². The van der Waals surface area contributed by atoms with Gasteiger partial charge in [-0.3, -0.25) is 0 Å². The molecule has 0 aliphatic heterocycles. The van der Waals surface area contributed by atoms with Gasteiger partial charge in [0.2, 0.25) is 0 Å². The largest absolute Gasteiger partial charge is 0.135 e. The molecular formula is C18H13ClS. The molecule has 0 unspecified atom stereocenters. The second-order valence-electron chi connectivity index (χ2n) is 5.14. The van der Waals surface area contributed by atoms with Crippen LogP contribution in [0.4, 0.5) is 0 Å². The molecule has 0 radical (unpaired) electrons. The minimum atomic E-state index is 0.557. The van der Waals surface area contributed by atoms with E-state index in [4.69, 9.17) is 11.6 Å². The molecule has 1 heterocycles. The van der Waals surface area contributed by atoms with Crippen molar-refractivity contribution < 1.29 is 0 Å². The molecule has 98 valence electrons. The molecule has 0 N–H and O–H groups in total. The van der Waals surface area contributed by atoms with Crippen LogP contribution in [0.2, 0.25) is 0 Å². The van der Waals surface area contributed by atoms with Crippen LogP contribution in [0.15, 0.2) is 48.5 Å². The summed E-state index contributed by atoms with van der Waals surface area (Å²) in [6, 6.07) is 17.3. The zero-order valence-electron chi connectivity index (χ0n) is 11.1. The molecule has 4 rings (SSSR count). The summed E-state index contributed by atoms with van der Waals surface area (Å²) in [6.07, 6.45) is 0. The minimum absolute atomic E-state index is 0.557. The third-order valence-corrected chi connectivity index (χ3v) is 5.40. The summed E-state index contributed by atoms with van der Waals surface area (Å²) in [7, 11) is 0. The van der Waals surface area contributed by atoms with Crippen LogP contribution >= 0.6 is 22.9 Å². The Kier molecular flexibility index (Phi) is 2.73. The Morgan fingerprint density at radius 1 is 1.00 bits per heavy atom. The summed E-state index contributed by atoms with van der Waals surface area (Å²) in [5.41, 5.74) is 2.57. The Morgan fingerprint density at radius 3 is 2.70 bits per heavy atom. The average molecular weight is 297 g/mol. The number of halogens is 1. The van der Waals surface area contributed by atoms with Crippen molar-refractivity contribution in [3.8, 4) is 0 Å². The number of benzene rings is 3. The number of rotatable bonds is 1. The maximum Gasteiger partial charge on any atom is 0.0480 e. The molecule has 0 spiro atoms. The van der Waals surface area contributed by atoms with Gasteiger partial charge in [0.05, 0.1) is 0 Å². The first-order valence-corrected chi connectivity index (χ1v) is 8.03. The molecule has 0 saturated carbocycles. The molecule has 0 nitrogen and oxygen atoms in total. The van der Waals surface area contributed by atoms with E-state index in [0.29, 0.717) is 5.88 Å². The Hall–Kier alpha value is -1.57. The molecule has 0 aliphatic rings. The van der Waals surface area contributed by atoms with Crippen LogP contribution in [0, 0.1) is 6.92 Å². The lowest BCUT2D eigenvalue weighted by Crippen LogP contribution is -1.84. The van der Waals surface area contributed by atoms with E-state index in [1.54, 1.807) is 0 Å². The van der Waals surface area contributed by atoms with Crippen molar-refractivity contribution in [2.24, 2.45) is 0 Å². The lowest BCUT2D eigenvalue weighted by Gasteiger charge is -2.07. The van der Waals surface area contributed by atoms with E-state index in [2.05, 4.69) is 55.5 Å². The zero-order chi connectivity index (χ0) is 13.7. The van der Waals surface area contributed by atoms with Gasteiger partial charge in [-0.15, -0.1) is 22.9 Å². The lowest BCUT2D eigenvalue weighted by molar-refractivity contribution is 1.47. The standard InChI is InChI=1S/C18H13ClS/c1-11-5-4-6-12-9-13(10-19)17-14-7-2-3-8-15(14)20-18(17)16(11)12/h2-9H,10H2,1H3. The van der Waals surface area contributed by atoms with Crippen LogP contribution in [-0.4, -0.2) is 0 Å². The van der Waals surface area contributed by atoms with E-state index in [1.165, 1.54) is 42.1 Å². The van der Waals surface area contributed by atoms with Gasteiger partial charge in [0.1, 0.15) is 0 Å². The first kappa shape index (κ1) is 12.2. The van der Waals surface area contributed by atoms with Crippen LogP contribution in [-0.2, 0) is 5.88 Å². The second kappa shape index (κ2) is 4.47. The highest BCUT2D eigenvalue weighted by Gasteiger charge is 2.13. The van der Waals surface area contributed by atoms with Crippen molar-refractivity contribution in [2.45, 2.75) is 12.8 Å². The van der Waals surface area contributed by atoms with Crippen molar-refractivity contribution in [2.75, 3.05) is 0 Å². The molecule has 3 aromatic carbocycles. The molecular weight excluding hydrogens is 284 g/mol. The molecule has 4 aromatic rings. The highest BCUT2D eigenvalue weighted by atomic mass is 35.5. The molecule has 1 aromatic heterocycles. The summed E-state index contributed by atoms with van der Waals surface area (Å²) in [6.45, 7) is 2.19. The fourth-order valence-electron chi connectivity index (χ4n) is 3.03.